The van der Waals surface area contributed by atoms with E-state index in [2.05, 4.69) is 58.0 Å². The third-order valence-corrected chi connectivity index (χ3v) is 6.74. The molecule has 3 heterocycles. The van der Waals surface area contributed by atoms with Crippen LogP contribution >= 0.6 is 0 Å². The summed E-state index contributed by atoms with van der Waals surface area (Å²) in [6, 6.07) is 14.7. The van der Waals surface area contributed by atoms with Gasteiger partial charge in [0.25, 0.3) is 5.56 Å². The maximum Gasteiger partial charge on any atom is 0.251 e. The molecule has 2 fully saturated rings. The van der Waals surface area contributed by atoms with Gasteiger partial charge in [0.1, 0.15) is 6.23 Å². The van der Waals surface area contributed by atoms with E-state index >= 15 is 0 Å². The SMILES string of the molecule is CC1(C)CN([C@H]2CC[C@H](c3cc(-c4ncccn4)c[nH]c3=O)CC2)[C@@H](c2ccccc2)O1. The van der Waals surface area contributed by atoms with Gasteiger partial charge in [0, 0.05) is 42.3 Å². The van der Waals surface area contributed by atoms with Crippen molar-refractivity contribution in [2.75, 3.05) is 6.54 Å². The van der Waals surface area contributed by atoms with E-state index in [9.17, 15) is 4.79 Å². The van der Waals surface area contributed by atoms with Gasteiger partial charge < -0.3 is 9.72 Å². The van der Waals surface area contributed by atoms with Crippen LogP contribution in [0.3, 0.4) is 0 Å². The van der Waals surface area contributed by atoms with Gasteiger partial charge in [-0.05, 0) is 63.1 Å². The smallest absolute Gasteiger partial charge is 0.251 e. The lowest BCUT2D eigenvalue weighted by Gasteiger charge is -2.37. The van der Waals surface area contributed by atoms with Crippen molar-refractivity contribution < 1.29 is 4.74 Å². The van der Waals surface area contributed by atoms with Crippen molar-refractivity contribution in [2.24, 2.45) is 0 Å². The second kappa shape index (κ2) is 8.60. The second-order valence-corrected chi connectivity index (χ2v) is 9.56. The summed E-state index contributed by atoms with van der Waals surface area (Å²) < 4.78 is 6.45. The molecule has 1 aliphatic carbocycles. The van der Waals surface area contributed by atoms with E-state index in [1.807, 2.05) is 12.1 Å². The second-order valence-electron chi connectivity index (χ2n) is 9.56. The van der Waals surface area contributed by atoms with E-state index < -0.39 is 0 Å². The molecule has 6 nitrogen and oxygen atoms in total. The van der Waals surface area contributed by atoms with Crippen LogP contribution in [-0.4, -0.2) is 38.0 Å². The molecule has 1 atom stereocenters. The Bertz CT molecular complexity index is 1110. The summed E-state index contributed by atoms with van der Waals surface area (Å²) in [7, 11) is 0. The molecule has 2 aromatic heterocycles. The molecule has 1 saturated carbocycles. The summed E-state index contributed by atoms with van der Waals surface area (Å²) in [4.78, 5) is 26.7. The summed E-state index contributed by atoms with van der Waals surface area (Å²) in [5.74, 6) is 0.895. The van der Waals surface area contributed by atoms with Crippen LogP contribution in [0.5, 0.6) is 0 Å². The van der Waals surface area contributed by atoms with Gasteiger partial charge in [0.15, 0.2) is 5.82 Å². The summed E-state index contributed by atoms with van der Waals surface area (Å²) in [6.07, 6.45) is 9.24. The van der Waals surface area contributed by atoms with Crippen LogP contribution in [0, 0.1) is 0 Å². The summed E-state index contributed by atoms with van der Waals surface area (Å²) >= 11 is 0. The first-order valence-corrected chi connectivity index (χ1v) is 11.5. The Hall–Kier alpha value is -2.83. The van der Waals surface area contributed by atoms with E-state index in [1.165, 1.54) is 5.56 Å². The Balaban J connectivity index is 1.33. The largest absolute Gasteiger partial charge is 0.352 e. The van der Waals surface area contributed by atoms with E-state index in [1.54, 1.807) is 24.7 Å². The molecule has 2 aliphatic rings. The number of hydrogen-bond acceptors (Lipinski definition) is 5. The Labute approximate surface area is 188 Å². The first kappa shape index (κ1) is 21.0. The Morgan fingerprint density at radius 2 is 1.75 bits per heavy atom. The fourth-order valence-electron chi connectivity index (χ4n) is 5.23. The average molecular weight is 431 g/mol. The van der Waals surface area contributed by atoms with E-state index in [0.29, 0.717) is 11.9 Å². The van der Waals surface area contributed by atoms with Gasteiger partial charge >= 0.3 is 0 Å². The predicted molar refractivity (Wildman–Crippen MR) is 124 cm³/mol. The normalized spacial score (nSPS) is 25.6. The number of benzene rings is 1. The van der Waals surface area contributed by atoms with Gasteiger partial charge in [-0.15, -0.1) is 0 Å². The molecule has 0 radical (unpaired) electrons. The van der Waals surface area contributed by atoms with Crippen LogP contribution in [-0.2, 0) is 4.74 Å². The molecule has 5 rings (SSSR count). The molecular formula is C26H30N4O2. The van der Waals surface area contributed by atoms with Crippen LogP contribution in [0.2, 0.25) is 0 Å². The third-order valence-electron chi connectivity index (χ3n) is 6.74. The minimum atomic E-state index is -0.168. The minimum Gasteiger partial charge on any atom is -0.352 e. The average Bonchev–Trinajstić information content (AvgIpc) is 3.16. The standard InChI is InChI=1S/C26H30N4O2/c1-26(2)17-30(25(32-26)19-7-4-3-5-8-19)21-11-9-18(10-12-21)22-15-20(16-29-24(22)31)23-27-13-6-14-28-23/h3-8,13-16,18,21,25H,9-12,17H2,1-2H3,(H,29,31)/t18-,21-,25-/m1/s1. The molecule has 1 saturated heterocycles. The lowest BCUT2D eigenvalue weighted by molar-refractivity contribution is -0.0527. The summed E-state index contributed by atoms with van der Waals surface area (Å²) in [6.45, 7) is 5.26. The predicted octanol–water partition coefficient (Wildman–Crippen LogP) is 4.67. The van der Waals surface area contributed by atoms with Crippen molar-refractivity contribution in [2.45, 2.75) is 63.3 Å². The highest BCUT2D eigenvalue weighted by atomic mass is 16.5. The Kier molecular flexibility index (Phi) is 5.66. The molecule has 3 aromatic rings. The molecule has 32 heavy (non-hydrogen) atoms. The molecule has 0 unspecified atom stereocenters. The molecule has 0 amide bonds. The van der Waals surface area contributed by atoms with Crippen molar-refractivity contribution in [1.29, 1.82) is 0 Å². The lowest BCUT2D eigenvalue weighted by Crippen LogP contribution is -2.39. The number of hydrogen-bond donors (Lipinski definition) is 1. The first-order valence-electron chi connectivity index (χ1n) is 11.5. The Morgan fingerprint density at radius 3 is 2.47 bits per heavy atom. The van der Waals surface area contributed by atoms with Crippen molar-refractivity contribution in [3.05, 3.63) is 82.5 Å². The van der Waals surface area contributed by atoms with Crippen molar-refractivity contribution in [3.63, 3.8) is 0 Å². The zero-order valence-electron chi connectivity index (χ0n) is 18.7. The van der Waals surface area contributed by atoms with Crippen molar-refractivity contribution >= 4 is 0 Å². The topological polar surface area (TPSA) is 71.1 Å². The monoisotopic (exact) mass is 430 g/mol. The van der Waals surface area contributed by atoms with Crippen LogP contribution in [0.1, 0.15) is 62.8 Å². The number of aromatic amines is 1. The molecular weight excluding hydrogens is 400 g/mol. The molecule has 6 heteroatoms. The maximum absolute atomic E-state index is 12.6. The minimum absolute atomic E-state index is 0.000863. The molecule has 0 bridgehead atoms. The van der Waals surface area contributed by atoms with Gasteiger partial charge in [-0.3, -0.25) is 9.69 Å². The number of pyridine rings is 1. The highest BCUT2D eigenvalue weighted by molar-refractivity contribution is 5.54. The van der Waals surface area contributed by atoms with E-state index in [4.69, 9.17) is 4.74 Å². The highest BCUT2D eigenvalue weighted by Gasteiger charge is 2.43. The number of nitrogens with zero attached hydrogens (tertiary/aromatic N) is 3. The van der Waals surface area contributed by atoms with Crippen molar-refractivity contribution in [1.82, 2.24) is 19.9 Å². The molecule has 166 valence electrons. The van der Waals surface area contributed by atoms with Crippen molar-refractivity contribution in [3.8, 4) is 11.4 Å². The first-order chi connectivity index (χ1) is 15.5. The molecule has 1 aliphatic heterocycles. The van der Waals surface area contributed by atoms with Gasteiger partial charge in [0.05, 0.1) is 5.60 Å². The number of H-pyrrole nitrogens is 1. The lowest BCUT2D eigenvalue weighted by atomic mass is 9.81. The highest BCUT2D eigenvalue weighted by Crippen LogP contribution is 2.42. The quantitative estimate of drug-likeness (QED) is 0.651. The van der Waals surface area contributed by atoms with Crippen LogP contribution < -0.4 is 5.56 Å². The van der Waals surface area contributed by atoms with Gasteiger partial charge in [-0.25, -0.2) is 9.97 Å². The summed E-state index contributed by atoms with van der Waals surface area (Å²) in [5.41, 5.74) is 2.76. The fraction of sp³-hybridized carbons (Fsp3) is 0.423. The van der Waals surface area contributed by atoms with Crippen LogP contribution in [0.25, 0.3) is 11.4 Å². The van der Waals surface area contributed by atoms with E-state index in [0.717, 1.165) is 43.4 Å². The maximum atomic E-state index is 12.6. The van der Waals surface area contributed by atoms with Gasteiger partial charge in [-0.2, -0.15) is 0 Å². The third kappa shape index (κ3) is 4.25. The number of rotatable bonds is 4. The molecule has 1 aromatic carbocycles. The van der Waals surface area contributed by atoms with E-state index in [-0.39, 0.29) is 23.3 Å². The van der Waals surface area contributed by atoms with Crippen LogP contribution in [0.4, 0.5) is 0 Å². The number of nitrogens with one attached hydrogen (secondary N) is 1. The zero-order valence-corrected chi connectivity index (χ0v) is 18.7. The molecule has 1 N–H and O–H groups in total. The van der Waals surface area contributed by atoms with Gasteiger partial charge in [0.2, 0.25) is 0 Å². The zero-order chi connectivity index (χ0) is 22.1. The van der Waals surface area contributed by atoms with Gasteiger partial charge in [-0.1, -0.05) is 30.3 Å². The fourth-order valence-corrected chi connectivity index (χ4v) is 5.23. The number of aromatic nitrogens is 3. The summed E-state index contributed by atoms with van der Waals surface area (Å²) in [5, 5.41) is 0. The van der Waals surface area contributed by atoms with Crippen LogP contribution in [0.15, 0.2) is 65.8 Å². The molecule has 0 spiro atoms. The Morgan fingerprint density at radius 1 is 1.03 bits per heavy atom. The number of ether oxygens (including phenoxy) is 1.